The topological polar surface area (TPSA) is 51.4 Å². The van der Waals surface area contributed by atoms with Gasteiger partial charge in [0, 0.05) is 31.2 Å². The van der Waals surface area contributed by atoms with Crippen molar-refractivity contribution in [2.45, 2.75) is 12.6 Å². The van der Waals surface area contributed by atoms with Gasteiger partial charge in [-0.3, -0.25) is 4.98 Å². The monoisotopic (exact) mass is 221 g/mol. The first-order valence-corrected chi connectivity index (χ1v) is 5.67. The molecule has 2 atom stereocenters. The highest BCUT2D eigenvalue weighted by Crippen LogP contribution is 2.13. The summed E-state index contributed by atoms with van der Waals surface area (Å²) >= 11 is 0. The van der Waals surface area contributed by atoms with E-state index in [1.807, 2.05) is 24.4 Å². The molecule has 1 fully saturated rings. The van der Waals surface area contributed by atoms with Crippen molar-refractivity contribution < 1.29 is 4.74 Å². The van der Waals surface area contributed by atoms with Gasteiger partial charge < -0.3 is 15.4 Å². The molecule has 1 aromatic heterocycles. The highest BCUT2D eigenvalue weighted by molar-refractivity contribution is 5.03. The largest absolute Gasteiger partial charge is 0.379 e. The van der Waals surface area contributed by atoms with E-state index in [4.69, 9.17) is 10.5 Å². The molecule has 1 aliphatic rings. The fraction of sp³-hybridized carbons (Fsp3) is 0.583. The average Bonchev–Trinajstić information content (AvgIpc) is 2.66. The molecule has 0 aromatic carbocycles. The van der Waals surface area contributed by atoms with Crippen LogP contribution in [-0.2, 0) is 11.3 Å². The molecule has 0 saturated carbocycles. The van der Waals surface area contributed by atoms with Gasteiger partial charge in [0.2, 0.25) is 0 Å². The molecule has 2 rings (SSSR count). The fourth-order valence-corrected chi connectivity index (χ4v) is 2.04. The van der Waals surface area contributed by atoms with Crippen molar-refractivity contribution in [3.05, 3.63) is 30.1 Å². The lowest BCUT2D eigenvalue weighted by Gasteiger charge is -2.21. The number of hydrogen-bond donors (Lipinski definition) is 1. The molecule has 0 amide bonds. The van der Waals surface area contributed by atoms with Crippen LogP contribution in [0.1, 0.15) is 5.69 Å². The van der Waals surface area contributed by atoms with Gasteiger partial charge in [-0.1, -0.05) is 6.07 Å². The molecule has 0 radical (unpaired) electrons. The predicted octanol–water partition coefficient (Wildman–Crippen LogP) is 0.487. The third kappa shape index (κ3) is 3.01. The molecule has 1 saturated heterocycles. The van der Waals surface area contributed by atoms with Crippen molar-refractivity contribution in [2.24, 2.45) is 11.7 Å². The molecule has 0 aliphatic carbocycles. The Hall–Kier alpha value is -0.970. The Morgan fingerprint density at radius 3 is 3.00 bits per heavy atom. The quantitative estimate of drug-likeness (QED) is 0.804. The van der Waals surface area contributed by atoms with Gasteiger partial charge in [0.25, 0.3) is 0 Å². The van der Waals surface area contributed by atoms with Gasteiger partial charge in [-0.15, -0.1) is 0 Å². The van der Waals surface area contributed by atoms with E-state index in [1.165, 1.54) is 0 Å². The Morgan fingerprint density at radius 1 is 1.50 bits per heavy atom. The van der Waals surface area contributed by atoms with Crippen LogP contribution in [0.25, 0.3) is 0 Å². The van der Waals surface area contributed by atoms with Crippen LogP contribution >= 0.6 is 0 Å². The second-order valence-electron chi connectivity index (χ2n) is 4.48. The van der Waals surface area contributed by atoms with Crippen molar-refractivity contribution in [1.29, 1.82) is 0 Å². The van der Waals surface area contributed by atoms with Gasteiger partial charge in [-0.25, -0.2) is 0 Å². The number of nitrogens with two attached hydrogens (primary N) is 1. The van der Waals surface area contributed by atoms with Crippen LogP contribution in [0.4, 0.5) is 0 Å². The summed E-state index contributed by atoms with van der Waals surface area (Å²) in [5.41, 5.74) is 7.05. The molecule has 88 valence electrons. The summed E-state index contributed by atoms with van der Waals surface area (Å²) in [6, 6.07) is 6.18. The normalized spacial score (nSPS) is 25.2. The van der Waals surface area contributed by atoms with E-state index in [0.29, 0.717) is 12.5 Å². The molecule has 1 aliphatic heterocycles. The Bertz CT molecular complexity index is 317. The molecule has 2 heterocycles. The van der Waals surface area contributed by atoms with Crippen LogP contribution in [0.2, 0.25) is 0 Å². The van der Waals surface area contributed by atoms with Gasteiger partial charge in [0.15, 0.2) is 0 Å². The maximum absolute atomic E-state index is 5.95. The van der Waals surface area contributed by atoms with E-state index in [0.717, 1.165) is 25.4 Å². The minimum atomic E-state index is 0.186. The lowest BCUT2D eigenvalue weighted by atomic mass is 10.0. The van der Waals surface area contributed by atoms with Crippen molar-refractivity contribution in [3.8, 4) is 0 Å². The van der Waals surface area contributed by atoms with E-state index in [2.05, 4.69) is 16.9 Å². The van der Waals surface area contributed by atoms with E-state index in [9.17, 15) is 0 Å². The summed E-state index contributed by atoms with van der Waals surface area (Å²) in [7, 11) is 2.10. The zero-order valence-electron chi connectivity index (χ0n) is 9.67. The first-order chi connectivity index (χ1) is 7.75. The second kappa shape index (κ2) is 5.39. The molecule has 4 heteroatoms. The SMILES string of the molecule is CN(Cc1ccccn1)CC1COCC1N. The number of rotatable bonds is 4. The average molecular weight is 221 g/mol. The third-order valence-electron chi connectivity index (χ3n) is 2.95. The van der Waals surface area contributed by atoms with Gasteiger partial charge in [0.05, 0.1) is 18.9 Å². The fourth-order valence-electron chi connectivity index (χ4n) is 2.04. The van der Waals surface area contributed by atoms with Crippen LogP contribution in [0.3, 0.4) is 0 Å². The van der Waals surface area contributed by atoms with Crippen molar-refractivity contribution in [1.82, 2.24) is 9.88 Å². The van der Waals surface area contributed by atoms with E-state index >= 15 is 0 Å². The number of hydrogen-bond acceptors (Lipinski definition) is 4. The molecule has 2 unspecified atom stereocenters. The molecule has 2 N–H and O–H groups in total. The van der Waals surface area contributed by atoms with Gasteiger partial charge in [-0.05, 0) is 19.2 Å². The minimum absolute atomic E-state index is 0.186. The Labute approximate surface area is 96.4 Å². The molecule has 4 nitrogen and oxygen atoms in total. The van der Waals surface area contributed by atoms with E-state index in [-0.39, 0.29) is 6.04 Å². The second-order valence-corrected chi connectivity index (χ2v) is 4.48. The number of pyridine rings is 1. The first kappa shape index (κ1) is 11.5. The maximum Gasteiger partial charge on any atom is 0.0621 e. The zero-order chi connectivity index (χ0) is 11.4. The standard InChI is InChI=1S/C12H19N3O/c1-15(6-10-8-16-9-12(10)13)7-11-4-2-3-5-14-11/h2-5,10,12H,6-9,13H2,1H3. The summed E-state index contributed by atoms with van der Waals surface area (Å²) in [4.78, 5) is 6.56. The number of aromatic nitrogens is 1. The van der Waals surface area contributed by atoms with Crippen LogP contribution in [0, 0.1) is 5.92 Å². The highest BCUT2D eigenvalue weighted by Gasteiger charge is 2.25. The molecule has 1 aromatic rings. The van der Waals surface area contributed by atoms with Crippen LogP contribution in [0.15, 0.2) is 24.4 Å². The van der Waals surface area contributed by atoms with Crippen molar-refractivity contribution in [3.63, 3.8) is 0 Å². The number of nitrogens with zero attached hydrogens (tertiary/aromatic N) is 2. The predicted molar refractivity (Wildman–Crippen MR) is 62.9 cm³/mol. The molecule has 16 heavy (non-hydrogen) atoms. The van der Waals surface area contributed by atoms with Crippen molar-refractivity contribution >= 4 is 0 Å². The van der Waals surface area contributed by atoms with Gasteiger partial charge >= 0.3 is 0 Å². The zero-order valence-corrected chi connectivity index (χ0v) is 9.67. The Morgan fingerprint density at radius 2 is 2.38 bits per heavy atom. The summed E-state index contributed by atoms with van der Waals surface area (Å²) in [5.74, 6) is 0.453. The van der Waals surface area contributed by atoms with Crippen LogP contribution in [-0.4, -0.2) is 42.7 Å². The van der Waals surface area contributed by atoms with Gasteiger partial charge in [0.1, 0.15) is 0 Å². The Kier molecular flexibility index (Phi) is 3.88. The minimum Gasteiger partial charge on any atom is -0.379 e. The lowest BCUT2D eigenvalue weighted by molar-refractivity contribution is 0.172. The summed E-state index contributed by atoms with van der Waals surface area (Å²) in [6.07, 6.45) is 1.83. The Balaban J connectivity index is 1.82. The molecule has 0 bridgehead atoms. The maximum atomic E-state index is 5.95. The molecular weight excluding hydrogens is 202 g/mol. The molecular formula is C12H19N3O. The van der Waals surface area contributed by atoms with Crippen LogP contribution in [0.5, 0.6) is 0 Å². The summed E-state index contributed by atoms with van der Waals surface area (Å²) < 4.78 is 5.35. The third-order valence-corrected chi connectivity index (χ3v) is 2.95. The highest BCUT2D eigenvalue weighted by atomic mass is 16.5. The lowest BCUT2D eigenvalue weighted by Crippen LogP contribution is -2.36. The summed E-state index contributed by atoms with van der Waals surface area (Å²) in [6.45, 7) is 3.32. The number of ether oxygens (including phenoxy) is 1. The smallest absolute Gasteiger partial charge is 0.0621 e. The van der Waals surface area contributed by atoms with Crippen LogP contribution < -0.4 is 5.73 Å². The summed E-state index contributed by atoms with van der Waals surface area (Å²) in [5, 5.41) is 0. The molecule has 0 spiro atoms. The van der Waals surface area contributed by atoms with E-state index < -0.39 is 0 Å². The van der Waals surface area contributed by atoms with E-state index in [1.54, 1.807) is 0 Å². The van der Waals surface area contributed by atoms with Crippen molar-refractivity contribution in [2.75, 3.05) is 26.8 Å². The first-order valence-electron chi connectivity index (χ1n) is 5.67. The van der Waals surface area contributed by atoms with Gasteiger partial charge in [-0.2, -0.15) is 0 Å².